The molecular formula is C20H22N2O6S. The van der Waals surface area contributed by atoms with Gasteiger partial charge in [-0.15, -0.1) is 0 Å². The van der Waals surface area contributed by atoms with E-state index in [0.717, 1.165) is 0 Å². The molecule has 2 heterocycles. The zero-order chi connectivity index (χ0) is 21.0. The Hall–Kier alpha value is -2.65. The summed E-state index contributed by atoms with van der Waals surface area (Å²) in [7, 11) is 1.52. The Kier molecular flexibility index (Phi) is 6.71. The summed E-state index contributed by atoms with van der Waals surface area (Å²) in [5, 5.41) is 0.551. The van der Waals surface area contributed by atoms with Crippen LogP contribution in [0.2, 0.25) is 0 Å². The smallest absolute Gasteiger partial charge is 0.338 e. The van der Waals surface area contributed by atoms with Crippen LogP contribution in [-0.4, -0.2) is 54.0 Å². The first kappa shape index (κ1) is 21.1. The second-order valence-corrected chi connectivity index (χ2v) is 7.52. The first-order chi connectivity index (χ1) is 13.9. The molecule has 0 radical (unpaired) electrons. The van der Waals surface area contributed by atoms with Gasteiger partial charge in [0, 0.05) is 26.2 Å². The van der Waals surface area contributed by atoms with Crippen molar-refractivity contribution in [3.8, 4) is 5.75 Å². The van der Waals surface area contributed by atoms with Gasteiger partial charge in [-0.25, -0.2) is 9.79 Å². The summed E-state index contributed by atoms with van der Waals surface area (Å²) in [4.78, 5) is 43.0. The summed E-state index contributed by atoms with van der Waals surface area (Å²) in [6, 6.07) is 6.07. The van der Waals surface area contributed by atoms with Gasteiger partial charge in [0.2, 0.25) is 5.91 Å². The third-order valence-corrected chi connectivity index (χ3v) is 5.34. The van der Waals surface area contributed by atoms with Crippen molar-refractivity contribution in [1.82, 2.24) is 4.90 Å². The molecule has 154 valence electrons. The molecule has 0 N–H and O–H groups in total. The Morgan fingerprint density at radius 3 is 2.83 bits per heavy atom. The number of nitrogens with zero attached hydrogens (tertiary/aromatic N) is 2. The van der Waals surface area contributed by atoms with E-state index >= 15 is 0 Å². The van der Waals surface area contributed by atoms with Crippen LogP contribution < -0.4 is 4.74 Å². The van der Waals surface area contributed by atoms with E-state index in [1.165, 1.54) is 30.7 Å². The monoisotopic (exact) mass is 418 g/mol. The fourth-order valence-corrected chi connectivity index (χ4v) is 4.19. The van der Waals surface area contributed by atoms with E-state index in [4.69, 9.17) is 14.2 Å². The predicted molar refractivity (Wildman–Crippen MR) is 107 cm³/mol. The van der Waals surface area contributed by atoms with Crippen molar-refractivity contribution in [2.24, 2.45) is 4.99 Å². The Morgan fingerprint density at radius 1 is 1.31 bits per heavy atom. The highest BCUT2D eigenvalue weighted by atomic mass is 32.2. The minimum atomic E-state index is -0.714. The summed E-state index contributed by atoms with van der Waals surface area (Å²) in [5.41, 5.74) is 1.40. The topological polar surface area (TPSA) is 94.5 Å². The number of carbonyl (C=O) groups is 3. The van der Waals surface area contributed by atoms with E-state index in [1.807, 2.05) is 0 Å². The first-order valence-electron chi connectivity index (χ1n) is 9.11. The average molecular weight is 418 g/mol. The van der Waals surface area contributed by atoms with E-state index in [2.05, 4.69) is 4.99 Å². The number of ether oxygens (including phenoxy) is 3. The van der Waals surface area contributed by atoms with E-state index in [9.17, 15) is 14.4 Å². The van der Waals surface area contributed by atoms with Crippen LogP contribution in [0.15, 0.2) is 40.5 Å². The van der Waals surface area contributed by atoms with E-state index in [-0.39, 0.29) is 24.7 Å². The van der Waals surface area contributed by atoms with Gasteiger partial charge >= 0.3 is 11.9 Å². The van der Waals surface area contributed by atoms with Crippen LogP contribution >= 0.6 is 11.8 Å². The van der Waals surface area contributed by atoms with Crippen LogP contribution in [0, 0.1) is 0 Å². The molecule has 0 aromatic heterocycles. The molecule has 3 rings (SSSR count). The van der Waals surface area contributed by atoms with Crippen LogP contribution in [0.5, 0.6) is 5.75 Å². The lowest BCUT2D eigenvalue weighted by molar-refractivity contribution is -0.141. The van der Waals surface area contributed by atoms with Crippen molar-refractivity contribution in [2.45, 2.75) is 26.3 Å². The highest BCUT2D eigenvalue weighted by Gasteiger charge is 2.41. The molecule has 9 heteroatoms. The molecule has 2 aliphatic rings. The number of benzene rings is 1. The van der Waals surface area contributed by atoms with Crippen molar-refractivity contribution in [3.63, 3.8) is 0 Å². The zero-order valence-corrected chi connectivity index (χ0v) is 17.3. The summed E-state index contributed by atoms with van der Waals surface area (Å²) >= 11 is 1.47. The van der Waals surface area contributed by atoms with Crippen LogP contribution in [0.3, 0.4) is 0 Å². The number of esters is 2. The number of amidine groups is 1. The van der Waals surface area contributed by atoms with E-state index < -0.39 is 18.0 Å². The van der Waals surface area contributed by atoms with Crippen molar-refractivity contribution in [3.05, 3.63) is 41.1 Å². The van der Waals surface area contributed by atoms with E-state index in [1.54, 1.807) is 31.2 Å². The van der Waals surface area contributed by atoms with Crippen LogP contribution in [0.1, 0.15) is 31.9 Å². The maximum atomic E-state index is 12.9. The summed E-state index contributed by atoms with van der Waals surface area (Å²) < 4.78 is 15.5. The number of thioether (sulfide) groups is 1. The molecule has 1 aromatic carbocycles. The molecule has 1 amide bonds. The van der Waals surface area contributed by atoms with Crippen molar-refractivity contribution in [1.29, 1.82) is 0 Å². The fraction of sp³-hybridized carbons (Fsp3) is 0.400. The van der Waals surface area contributed by atoms with Gasteiger partial charge in [0.15, 0.2) is 5.17 Å². The maximum Gasteiger partial charge on any atom is 0.338 e. The first-order valence-corrected chi connectivity index (χ1v) is 10.1. The molecular weight excluding hydrogens is 396 g/mol. The summed E-state index contributed by atoms with van der Waals surface area (Å²) in [6.45, 7) is 3.38. The van der Waals surface area contributed by atoms with Crippen LogP contribution in [0.4, 0.5) is 0 Å². The standard InChI is InChI=1S/C20H22N2O6S/c1-12-17(19(25)27-9-8-26-3)18(22-16(24)7-10-29-20(22)21-12)14-5-4-6-15(11-14)28-13(2)23/h4-6,11,18H,7-10H2,1-3H3/t18-/m0/s1. The third-order valence-electron chi connectivity index (χ3n) is 4.38. The molecule has 2 aliphatic heterocycles. The number of hydrogen-bond donors (Lipinski definition) is 0. The van der Waals surface area contributed by atoms with Crippen LogP contribution in [0.25, 0.3) is 0 Å². The van der Waals surface area contributed by atoms with E-state index in [0.29, 0.717) is 34.4 Å². The van der Waals surface area contributed by atoms with Crippen molar-refractivity contribution >= 4 is 34.8 Å². The van der Waals surface area contributed by atoms with Gasteiger partial charge in [-0.3, -0.25) is 14.5 Å². The molecule has 0 aliphatic carbocycles. The lowest BCUT2D eigenvalue weighted by atomic mass is 9.94. The Labute approximate surface area is 172 Å². The van der Waals surface area contributed by atoms with Gasteiger partial charge in [0.1, 0.15) is 12.4 Å². The SMILES string of the molecule is COCCOC(=O)C1=C(C)N=C2SCCC(=O)N2[C@H]1c1cccc(OC(C)=O)c1. The number of amides is 1. The molecule has 0 spiro atoms. The number of carbonyl (C=O) groups excluding carboxylic acids is 3. The molecule has 1 atom stereocenters. The minimum absolute atomic E-state index is 0.0889. The fourth-order valence-electron chi connectivity index (χ4n) is 3.18. The molecule has 29 heavy (non-hydrogen) atoms. The quantitative estimate of drug-likeness (QED) is 0.398. The molecule has 0 unspecified atom stereocenters. The van der Waals surface area contributed by atoms with Gasteiger partial charge < -0.3 is 14.2 Å². The number of aliphatic imine (C=N–C) groups is 1. The second-order valence-electron chi connectivity index (χ2n) is 6.45. The summed E-state index contributed by atoms with van der Waals surface area (Å²) in [5.74, 6) is -0.173. The average Bonchev–Trinajstić information content (AvgIpc) is 2.67. The Bertz CT molecular complexity index is 895. The van der Waals surface area contributed by atoms with Crippen molar-refractivity contribution < 1.29 is 28.6 Å². The predicted octanol–water partition coefficient (Wildman–Crippen LogP) is 2.45. The number of fused-ring (bicyclic) bond motifs is 1. The number of methoxy groups -OCH3 is 1. The Morgan fingerprint density at radius 2 is 2.10 bits per heavy atom. The number of hydrogen-bond acceptors (Lipinski definition) is 8. The molecule has 1 aromatic rings. The van der Waals surface area contributed by atoms with Gasteiger partial charge in [-0.05, 0) is 24.6 Å². The lowest BCUT2D eigenvalue weighted by Crippen LogP contribution is -2.45. The molecule has 0 bridgehead atoms. The summed E-state index contributed by atoms with van der Waals surface area (Å²) in [6.07, 6.45) is 0.342. The highest BCUT2D eigenvalue weighted by Crippen LogP contribution is 2.41. The van der Waals surface area contributed by atoms with Gasteiger partial charge in [0.05, 0.1) is 23.9 Å². The minimum Gasteiger partial charge on any atom is -0.460 e. The second kappa shape index (κ2) is 9.23. The Balaban J connectivity index is 2.05. The maximum absolute atomic E-state index is 12.9. The van der Waals surface area contributed by atoms with Crippen LogP contribution in [-0.2, 0) is 23.9 Å². The third kappa shape index (κ3) is 4.68. The van der Waals surface area contributed by atoms with Gasteiger partial charge in [0.25, 0.3) is 0 Å². The van der Waals surface area contributed by atoms with Gasteiger partial charge in [-0.1, -0.05) is 23.9 Å². The normalized spacial score (nSPS) is 18.9. The number of allylic oxidation sites excluding steroid dienone is 1. The molecule has 1 saturated heterocycles. The molecule has 1 fully saturated rings. The number of rotatable bonds is 6. The lowest BCUT2D eigenvalue weighted by Gasteiger charge is -2.39. The molecule has 0 saturated carbocycles. The van der Waals surface area contributed by atoms with Crippen molar-refractivity contribution in [2.75, 3.05) is 26.1 Å². The highest BCUT2D eigenvalue weighted by molar-refractivity contribution is 8.14. The largest absolute Gasteiger partial charge is 0.460 e. The molecule has 8 nitrogen and oxygen atoms in total. The van der Waals surface area contributed by atoms with Gasteiger partial charge in [-0.2, -0.15) is 0 Å². The zero-order valence-electron chi connectivity index (χ0n) is 16.5.